The molecule has 0 radical (unpaired) electrons. The van der Waals surface area contributed by atoms with E-state index in [0.29, 0.717) is 0 Å². The smallest absolute Gasteiger partial charge is 0.0336 e. The van der Waals surface area contributed by atoms with Gasteiger partial charge in [-0.05, 0) is 0 Å². The minimum atomic E-state index is 0.738. The van der Waals surface area contributed by atoms with Crippen LogP contribution in [-0.2, 0) is 0 Å². The average Bonchev–Trinajstić information content (AvgIpc) is 1.88. The van der Waals surface area contributed by atoms with Crippen molar-refractivity contribution in [3.05, 3.63) is 11.6 Å². The van der Waals surface area contributed by atoms with Crippen molar-refractivity contribution in [3.63, 3.8) is 0 Å². The van der Waals surface area contributed by atoms with E-state index < -0.39 is 0 Å². The highest BCUT2D eigenvalue weighted by Crippen LogP contribution is 2.01. The number of piperazine rings is 1. The molecule has 0 unspecified atom stereocenters. The predicted molar refractivity (Wildman–Crippen MR) is 44.3 cm³/mol. The highest BCUT2D eigenvalue weighted by atomic mass is 35.5. The second kappa shape index (κ2) is 3.96. The van der Waals surface area contributed by atoms with E-state index in [-0.39, 0.29) is 0 Å². The molecule has 1 heterocycles. The van der Waals surface area contributed by atoms with Crippen LogP contribution < -0.4 is 5.32 Å². The van der Waals surface area contributed by atoms with Crippen LogP contribution in [0.3, 0.4) is 0 Å². The number of nitrogens with zero attached hydrogens (tertiary/aromatic N) is 1. The summed E-state index contributed by atoms with van der Waals surface area (Å²) < 4.78 is 0. The van der Waals surface area contributed by atoms with Gasteiger partial charge in [0.2, 0.25) is 0 Å². The molecule has 1 N–H and O–H groups in total. The molecule has 1 aliphatic rings. The number of halogens is 1. The topological polar surface area (TPSA) is 15.3 Å². The molecule has 3 heteroatoms. The van der Waals surface area contributed by atoms with Gasteiger partial charge in [-0.25, -0.2) is 0 Å². The molecule has 1 rings (SSSR count). The molecule has 0 aromatic carbocycles. The van der Waals surface area contributed by atoms with E-state index in [4.69, 9.17) is 11.6 Å². The molecular weight excluding hydrogens is 148 g/mol. The van der Waals surface area contributed by atoms with Crippen molar-refractivity contribution in [2.45, 2.75) is 0 Å². The van der Waals surface area contributed by atoms with Gasteiger partial charge in [-0.3, -0.25) is 4.90 Å². The molecule has 1 saturated heterocycles. The van der Waals surface area contributed by atoms with Gasteiger partial charge in [0, 0.05) is 37.8 Å². The monoisotopic (exact) mass is 160 g/mol. The highest BCUT2D eigenvalue weighted by molar-refractivity contribution is 6.29. The third kappa shape index (κ3) is 2.69. The second-order valence-corrected chi connectivity index (χ2v) is 3.08. The van der Waals surface area contributed by atoms with Gasteiger partial charge in [-0.15, -0.1) is 0 Å². The van der Waals surface area contributed by atoms with Crippen LogP contribution in [-0.4, -0.2) is 37.6 Å². The standard InChI is InChI=1S/C7H13ClN2/c1-7(8)6-10-4-2-9-3-5-10/h9H,1-6H2. The molecule has 0 spiro atoms. The summed E-state index contributed by atoms with van der Waals surface area (Å²) in [5.41, 5.74) is 0. The van der Waals surface area contributed by atoms with Crippen LogP contribution in [0.2, 0.25) is 0 Å². The molecule has 10 heavy (non-hydrogen) atoms. The number of nitrogens with one attached hydrogen (secondary N) is 1. The molecule has 0 aliphatic carbocycles. The quantitative estimate of drug-likeness (QED) is 0.638. The zero-order valence-corrected chi connectivity index (χ0v) is 6.82. The van der Waals surface area contributed by atoms with E-state index in [2.05, 4.69) is 16.8 Å². The first kappa shape index (κ1) is 8.05. The molecule has 0 atom stereocenters. The third-order valence-corrected chi connectivity index (χ3v) is 1.72. The molecular formula is C7H13ClN2. The SMILES string of the molecule is C=C(Cl)CN1CCNCC1. The molecule has 0 bridgehead atoms. The Balaban J connectivity index is 2.19. The summed E-state index contributed by atoms with van der Waals surface area (Å²) in [6, 6.07) is 0. The second-order valence-electron chi connectivity index (χ2n) is 2.54. The summed E-state index contributed by atoms with van der Waals surface area (Å²) in [4.78, 5) is 2.30. The van der Waals surface area contributed by atoms with Crippen molar-refractivity contribution >= 4 is 11.6 Å². The number of hydrogen-bond donors (Lipinski definition) is 1. The van der Waals surface area contributed by atoms with Crippen LogP contribution in [0.5, 0.6) is 0 Å². The Morgan fingerprint density at radius 3 is 2.60 bits per heavy atom. The van der Waals surface area contributed by atoms with Gasteiger partial charge in [0.05, 0.1) is 0 Å². The largest absolute Gasteiger partial charge is 0.314 e. The van der Waals surface area contributed by atoms with Gasteiger partial charge in [0.1, 0.15) is 0 Å². The fraction of sp³-hybridized carbons (Fsp3) is 0.714. The lowest BCUT2D eigenvalue weighted by atomic mass is 10.3. The zero-order valence-electron chi connectivity index (χ0n) is 6.07. The van der Waals surface area contributed by atoms with Gasteiger partial charge >= 0.3 is 0 Å². The van der Waals surface area contributed by atoms with Crippen LogP contribution in [0.4, 0.5) is 0 Å². The fourth-order valence-electron chi connectivity index (χ4n) is 1.11. The van der Waals surface area contributed by atoms with Crippen LogP contribution >= 0.6 is 11.6 Å². The van der Waals surface area contributed by atoms with Crippen molar-refractivity contribution in [2.75, 3.05) is 32.7 Å². The minimum Gasteiger partial charge on any atom is -0.314 e. The summed E-state index contributed by atoms with van der Waals surface area (Å²) in [5.74, 6) is 0. The fourth-order valence-corrected chi connectivity index (χ4v) is 1.28. The van der Waals surface area contributed by atoms with E-state index in [0.717, 1.165) is 37.8 Å². The molecule has 0 amide bonds. The van der Waals surface area contributed by atoms with Crippen molar-refractivity contribution in [2.24, 2.45) is 0 Å². The van der Waals surface area contributed by atoms with Gasteiger partial charge in [-0.2, -0.15) is 0 Å². The summed E-state index contributed by atoms with van der Waals surface area (Å²) in [6.45, 7) is 8.81. The van der Waals surface area contributed by atoms with E-state index in [1.807, 2.05) is 0 Å². The zero-order chi connectivity index (χ0) is 7.40. The van der Waals surface area contributed by atoms with Gasteiger partial charge in [-0.1, -0.05) is 18.2 Å². The Bertz CT molecular complexity index is 119. The number of hydrogen-bond acceptors (Lipinski definition) is 2. The van der Waals surface area contributed by atoms with E-state index >= 15 is 0 Å². The minimum absolute atomic E-state index is 0.738. The van der Waals surface area contributed by atoms with Crippen LogP contribution in [0.1, 0.15) is 0 Å². The summed E-state index contributed by atoms with van der Waals surface area (Å²) in [5, 5.41) is 4.01. The molecule has 0 aromatic rings. The van der Waals surface area contributed by atoms with Crippen LogP contribution in [0.15, 0.2) is 11.6 Å². The third-order valence-electron chi connectivity index (χ3n) is 1.60. The lowest BCUT2D eigenvalue weighted by Crippen LogP contribution is -2.43. The van der Waals surface area contributed by atoms with E-state index in [9.17, 15) is 0 Å². The highest BCUT2D eigenvalue weighted by Gasteiger charge is 2.08. The molecule has 1 fully saturated rings. The molecule has 58 valence electrons. The maximum absolute atomic E-state index is 5.65. The first-order valence-corrected chi connectivity index (χ1v) is 3.93. The average molecular weight is 161 g/mol. The van der Waals surface area contributed by atoms with Crippen LogP contribution in [0.25, 0.3) is 0 Å². The molecule has 2 nitrogen and oxygen atoms in total. The van der Waals surface area contributed by atoms with Crippen LogP contribution in [0, 0.1) is 0 Å². The lowest BCUT2D eigenvalue weighted by molar-refractivity contribution is 0.263. The normalized spacial score (nSPS) is 20.9. The first-order valence-electron chi connectivity index (χ1n) is 3.55. The van der Waals surface area contributed by atoms with Crippen molar-refractivity contribution in [3.8, 4) is 0 Å². The molecule has 1 aliphatic heterocycles. The Morgan fingerprint density at radius 2 is 2.10 bits per heavy atom. The van der Waals surface area contributed by atoms with E-state index in [1.165, 1.54) is 0 Å². The Morgan fingerprint density at radius 1 is 1.50 bits per heavy atom. The maximum atomic E-state index is 5.65. The van der Waals surface area contributed by atoms with Crippen molar-refractivity contribution < 1.29 is 0 Å². The van der Waals surface area contributed by atoms with Gasteiger partial charge < -0.3 is 5.32 Å². The first-order chi connectivity index (χ1) is 4.79. The summed E-state index contributed by atoms with van der Waals surface area (Å²) in [7, 11) is 0. The van der Waals surface area contributed by atoms with Gasteiger partial charge in [0.15, 0.2) is 0 Å². The summed E-state index contributed by atoms with van der Waals surface area (Å²) >= 11 is 5.65. The number of rotatable bonds is 2. The summed E-state index contributed by atoms with van der Waals surface area (Å²) in [6.07, 6.45) is 0. The Hall–Kier alpha value is -0.0500. The predicted octanol–water partition coefficient (Wildman–Crippen LogP) is 0.644. The van der Waals surface area contributed by atoms with Crippen molar-refractivity contribution in [1.82, 2.24) is 10.2 Å². The van der Waals surface area contributed by atoms with E-state index in [1.54, 1.807) is 0 Å². The Kier molecular flexibility index (Phi) is 3.19. The Labute approximate surface area is 66.8 Å². The van der Waals surface area contributed by atoms with Crippen molar-refractivity contribution in [1.29, 1.82) is 0 Å². The maximum Gasteiger partial charge on any atom is 0.0336 e. The lowest BCUT2D eigenvalue weighted by Gasteiger charge is -2.26. The van der Waals surface area contributed by atoms with Gasteiger partial charge in [0.25, 0.3) is 0 Å². The molecule has 0 saturated carbocycles. The molecule has 0 aromatic heterocycles.